The third kappa shape index (κ3) is 4.28. The molecule has 2 amide bonds. The molecule has 0 aliphatic carbocycles. The van der Waals surface area contributed by atoms with Gasteiger partial charge in [0.2, 0.25) is 0 Å². The zero-order valence-corrected chi connectivity index (χ0v) is 16.0. The van der Waals surface area contributed by atoms with Crippen LogP contribution in [0, 0.1) is 6.92 Å². The molecule has 144 valence electrons. The predicted octanol–water partition coefficient (Wildman–Crippen LogP) is 4.15. The van der Waals surface area contributed by atoms with Crippen molar-refractivity contribution in [2.75, 3.05) is 18.5 Å². The van der Waals surface area contributed by atoms with E-state index in [1.165, 1.54) is 0 Å². The Morgan fingerprint density at radius 3 is 2.93 bits per heavy atom. The normalized spacial score (nSPS) is 16.2. The lowest BCUT2D eigenvalue weighted by Gasteiger charge is -2.25. The molecule has 0 bridgehead atoms. The van der Waals surface area contributed by atoms with Crippen LogP contribution in [0.1, 0.15) is 24.2 Å². The highest BCUT2D eigenvalue weighted by Crippen LogP contribution is 2.23. The molecule has 0 spiro atoms. The fraction of sp³-hybridized carbons (Fsp3) is 0.318. The summed E-state index contributed by atoms with van der Waals surface area (Å²) in [5.41, 5.74) is 3.43. The molecular weight excluding hydrogens is 352 g/mol. The molecule has 6 heteroatoms. The first-order chi connectivity index (χ1) is 13.7. The highest BCUT2D eigenvalue weighted by Gasteiger charge is 2.23. The number of urea groups is 1. The number of pyridine rings is 2. The van der Waals surface area contributed by atoms with Gasteiger partial charge in [0.05, 0.1) is 29.5 Å². The highest BCUT2D eigenvalue weighted by atomic mass is 16.5. The minimum atomic E-state index is -0.158. The summed E-state index contributed by atoms with van der Waals surface area (Å²) in [7, 11) is 0. The maximum atomic E-state index is 13.1. The lowest BCUT2D eigenvalue weighted by Crippen LogP contribution is -2.39. The Kier molecular flexibility index (Phi) is 5.48. The van der Waals surface area contributed by atoms with Crippen LogP contribution in [0.4, 0.5) is 10.5 Å². The average Bonchev–Trinajstić information content (AvgIpc) is 3.21. The number of carbonyl (C=O) groups excluding carboxylic acids is 1. The predicted molar refractivity (Wildman–Crippen MR) is 109 cm³/mol. The van der Waals surface area contributed by atoms with Gasteiger partial charge in [-0.25, -0.2) is 4.79 Å². The maximum Gasteiger partial charge on any atom is 0.322 e. The third-order valence-electron chi connectivity index (χ3n) is 4.93. The van der Waals surface area contributed by atoms with Crippen LogP contribution in [0.15, 0.2) is 54.7 Å². The first-order valence-corrected chi connectivity index (χ1v) is 9.63. The van der Waals surface area contributed by atoms with E-state index >= 15 is 0 Å². The Bertz CT molecular complexity index is 955. The molecule has 3 aromatic rings. The van der Waals surface area contributed by atoms with Crippen LogP contribution in [0.25, 0.3) is 10.9 Å². The fourth-order valence-electron chi connectivity index (χ4n) is 3.50. The SMILES string of the molecule is Cc1ccc2c(NC(=O)N(Cc3ccccn3)CC3CCCO3)cccc2n1. The largest absolute Gasteiger partial charge is 0.376 e. The Balaban J connectivity index is 1.56. The smallest absolute Gasteiger partial charge is 0.322 e. The molecule has 28 heavy (non-hydrogen) atoms. The van der Waals surface area contributed by atoms with E-state index < -0.39 is 0 Å². The van der Waals surface area contributed by atoms with Crippen molar-refractivity contribution in [1.82, 2.24) is 14.9 Å². The molecule has 1 unspecified atom stereocenters. The van der Waals surface area contributed by atoms with Crippen molar-refractivity contribution in [3.05, 3.63) is 66.1 Å². The molecule has 1 saturated heterocycles. The van der Waals surface area contributed by atoms with E-state index in [0.29, 0.717) is 13.1 Å². The quantitative estimate of drug-likeness (QED) is 0.726. The number of hydrogen-bond donors (Lipinski definition) is 1. The first-order valence-electron chi connectivity index (χ1n) is 9.63. The second-order valence-electron chi connectivity index (χ2n) is 7.09. The number of hydrogen-bond acceptors (Lipinski definition) is 4. The van der Waals surface area contributed by atoms with E-state index in [2.05, 4.69) is 15.3 Å². The second kappa shape index (κ2) is 8.35. The Hall–Kier alpha value is -2.99. The number of benzene rings is 1. The molecule has 1 N–H and O–H groups in total. The summed E-state index contributed by atoms with van der Waals surface area (Å²) < 4.78 is 5.75. The Morgan fingerprint density at radius 2 is 2.14 bits per heavy atom. The number of aromatic nitrogens is 2. The summed E-state index contributed by atoms with van der Waals surface area (Å²) in [6.07, 6.45) is 3.84. The van der Waals surface area contributed by atoms with Crippen molar-refractivity contribution >= 4 is 22.6 Å². The van der Waals surface area contributed by atoms with Crippen molar-refractivity contribution < 1.29 is 9.53 Å². The van der Waals surface area contributed by atoms with Crippen LogP contribution < -0.4 is 5.32 Å². The molecule has 3 heterocycles. The van der Waals surface area contributed by atoms with E-state index in [9.17, 15) is 4.79 Å². The van der Waals surface area contributed by atoms with Crippen LogP contribution in [0.2, 0.25) is 0 Å². The van der Waals surface area contributed by atoms with Gasteiger partial charge < -0.3 is 15.0 Å². The molecule has 0 radical (unpaired) electrons. The van der Waals surface area contributed by atoms with Crippen LogP contribution in [0.3, 0.4) is 0 Å². The molecule has 2 aromatic heterocycles. The van der Waals surface area contributed by atoms with E-state index in [1.807, 2.05) is 55.5 Å². The van der Waals surface area contributed by atoms with Gasteiger partial charge in [0.25, 0.3) is 0 Å². The number of aryl methyl sites for hydroxylation is 1. The lowest BCUT2D eigenvalue weighted by molar-refractivity contribution is 0.0816. The zero-order valence-electron chi connectivity index (χ0n) is 16.0. The van der Waals surface area contributed by atoms with Crippen LogP contribution in [-0.2, 0) is 11.3 Å². The van der Waals surface area contributed by atoms with Crippen LogP contribution in [0.5, 0.6) is 0 Å². The van der Waals surface area contributed by atoms with Gasteiger partial charge >= 0.3 is 6.03 Å². The van der Waals surface area contributed by atoms with E-state index in [4.69, 9.17) is 4.74 Å². The monoisotopic (exact) mass is 376 g/mol. The number of nitrogens with one attached hydrogen (secondary N) is 1. The number of amides is 2. The third-order valence-corrected chi connectivity index (χ3v) is 4.93. The van der Waals surface area contributed by atoms with Crippen molar-refractivity contribution in [2.24, 2.45) is 0 Å². The van der Waals surface area contributed by atoms with E-state index in [1.54, 1.807) is 11.1 Å². The minimum absolute atomic E-state index is 0.0753. The molecular formula is C22H24N4O2. The maximum absolute atomic E-state index is 13.1. The molecule has 1 aliphatic rings. The summed E-state index contributed by atoms with van der Waals surface area (Å²) in [6.45, 7) is 3.71. The highest BCUT2D eigenvalue weighted by molar-refractivity contribution is 6.00. The van der Waals surface area contributed by atoms with E-state index in [0.717, 1.165) is 47.4 Å². The van der Waals surface area contributed by atoms with Gasteiger partial charge in [0, 0.05) is 30.4 Å². The fourth-order valence-corrected chi connectivity index (χ4v) is 3.50. The topological polar surface area (TPSA) is 67.4 Å². The van der Waals surface area contributed by atoms with Gasteiger partial charge in [-0.05, 0) is 56.2 Å². The molecule has 4 rings (SSSR count). The van der Waals surface area contributed by atoms with Gasteiger partial charge in [-0.3, -0.25) is 9.97 Å². The average molecular weight is 376 g/mol. The standard InChI is InChI=1S/C22H24N4O2/c1-16-10-11-19-20(24-16)8-4-9-21(19)25-22(27)26(15-18-7-5-13-28-18)14-17-6-2-3-12-23-17/h2-4,6,8-12,18H,5,7,13-15H2,1H3,(H,25,27). The number of nitrogens with zero attached hydrogens (tertiary/aromatic N) is 3. The lowest BCUT2D eigenvalue weighted by atomic mass is 10.1. The minimum Gasteiger partial charge on any atom is -0.376 e. The van der Waals surface area contributed by atoms with Gasteiger partial charge in [0.1, 0.15) is 0 Å². The molecule has 1 aromatic carbocycles. The molecule has 6 nitrogen and oxygen atoms in total. The summed E-state index contributed by atoms with van der Waals surface area (Å²) in [5.74, 6) is 0. The van der Waals surface area contributed by atoms with Gasteiger partial charge in [-0.15, -0.1) is 0 Å². The number of fused-ring (bicyclic) bond motifs is 1. The summed E-state index contributed by atoms with van der Waals surface area (Å²) in [6, 6.07) is 15.3. The number of carbonyl (C=O) groups is 1. The number of ether oxygens (including phenoxy) is 1. The first kappa shape index (κ1) is 18.4. The Morgan fingerprint density at radius 1 is 1.21 bits per heavy atom. The zero-order chi connectivity index (χ0) is 19.3. The summed E-state index contributed by atoms with van der Waals surface area (Å²) in [4.78, 5) is 23.8. The molecule has 1 aliphatic heterocycles. The number of rotatable bonds is 5. The van der Waals surface area contributed by atoms with Crippen LogP contribution >= 0.6 is 0 Å². The van der Waals surface area contributed by atoms with Crippen molar-refractivity contribution in [2.45, 2.75) is 32.4 Å². The summed E-state index contributed by atoms with van der Waals surface area (Å²) in [5, 5.41) is 3.99. The Labute approximate surface area is 164 Å². The number of anilines is 1. The molecule has 1 atom stereocenters. The second-order valence-corrected chi connectivity index (χ2v) is 7.09. The van der Waals surface area contributed by atoms with Gasteiger partial charge in [-0.1, -0.05) is 12.1 Å². The molecule has 0 saturated carbocycles. The van der Waals surface area contributed by atoms with Crippen molar-refractivity contribution in [3.8, 4) is 0 Å². The summed E-state index contributed by atoms with van der Waals surface area (Å²) >= 11 is 0. The van der Waals surface area contributed by atoms with Gasteiger partial charge in [0.15, 0.2) is 0 Å². The van der Waals surface area contributed by atoms with Crippen molar-refractivity contribution in [1.29, 1.82) is 0 Å². The van der Waals surface area contributed by atoms with E-state index in [-0.39, 0.29) is 12.1 Å². The van der Waals surface area contributed by atoms with Gasteiger partial charge in [-0.2, -0.15) is 0 Å². The molecule has 1 fully saturated rings. The van der Waals surface area contributed by atoms with Crippen LogP contribution in [-0.4, -0.2) is 40.2 Å². The van der Waals surface area contributed by atoms with Crippen molar-refractivity contribution in [3.63, 3.8) is 0 Å².